The molecule has 0 radical (unpaired) electrons. The molecule has 0 aromatic carbocycles. The van der Waals surface area contributed by atoms with Gasteiger partial charge in [-0.2, -0.15) is 5.10 Å². The molecule has 1 rings (SSSR count). The van der Waals surface area contributed by atoms with E-state index in [1.807, 2.05) is 14.0 Å². The Morgan fingerprint density at radius 2 is 2.00 bits per heavy atom. The highest BCUT2D eigenvalue weighted by Crippen LogP contribution is 2.21. The van der Waals surface area contributed by atoms with Gasteiger partial charge in [-0.15, -0.1) is 0 Å². The number of halogens is 1. The first-order valence-electron chi connectivity index (χ1n) is 6.89. The summed E-state index contributed by atoms with van der Waals surface area (Å²) in [6.07, 6.45) is 3.81. The molecule has 1 aromatic rings. The van der Waals surface area contributed by atoms with Gasteiger partial charge in [-0.05, 0) is 33.7 Å². The summed E-state index contributed by atoms with van der Waals surface area (Å²) in [7, 11) is 1.90. The molecule has 1 heterocycles. The third-order valence-corrected chi connectivity index (χ3v) is 3.88. The lowest BCUT2D eigenvalue weighted by atomic mass is 10.2. The summed E-state index contributed by atoms with van der Waals surface area (Å²) in [4.78, 5) is 2.48. The average Bonchev–Trinajstić information content (AvgIpc) is 2.54. The Bertz CT molecular complexity index is 371. The molecule has 0 spiro atoms. The van der Waals surface area contributed by atoms with Gasteiger partial charge < -0.3 is 0 Å². The topological polar surface area (TPSA) is 21.1 Å². The van der Waals surface area contributed by atoms with Crippen LogP contribution in [0.15, 0.2) is 0 Å². The average molecular weight is 272 g/mol. The molecule has 0 unspecified atom stereocenters. The van der Waals surface area contributed by atoms with Gasteiger partial charge >= 0.3 is 0 Å². The molecule has 0 amide bonds. The fourth-order valence-corrected chi connectivity index (χ4v) is 2.38. The van der Waals surface area contributed by atoms with Crippen LogP contribution in [0.2, 0.25) is 5.15 Å². The summed E-state index contributed by atoms with van der Waals surface area (Å²) in [5.41, 5.74) is 2.22. The molecule has 3 nitrogen and oxygen atoms in total. The van der Waals surface area contributed by atoms with Gasteiger partial charge in [0, 0.05) is 25.2 Å². The van der Waals surface area contributed by atoms with Gasteiger partial charge in [0.05, 0.1) is 5.69 Å². The monoisotopic (exact) mass is 271 g/mol. The zero-order valence-corrected chi connectivity index (χ0v) is 13.1. The van der Waals surface area contributed by atoms with Gasteiger partial charge in [0.15, 0.2) is 0 Å². The second-order valence-corrected chi connectivity index (χ2v) is 5.61. The van der Waals surface area contributed by atoms with Crippen LogP contribution in [0.4, 0.5) is 0 Å². The molecular formula is C14H26ClN3. The van der Waals surface area contributed by atoms with E-state index < -0.39 is 0 Å². The van der Waals surface area contributed by atoms with E-state index in [-0.39, 0.29) is 0 Å². The third-order valence-electron chi connectivity index (χ3n) is 3.41. The molecule has 0 aliphatic rings. The SMILES string of the molecule is CCCCCN(Cc1c(C)nn(C)c1Cl)C(C)C. The normalized spacial score (nSPS) is 11.8. The zero-order valence-electron chi connectivity index (χ0n) is 12.3. The van der Waals surface area contributed by atoms with Crippen LogP contribution in [0.3, 0.4) is 0 Å². The highest BCUT2D eigenvalue weighted by molar-refractivity contribution is 6.30. The number of rotatable bonds is 7. The van der Waals surface area contributed by atoms with E-state index in [9.17, 15) is 0 Å². The lowest BCUT2D eigenvalue weighted by Crippen LogP contribution is -2.31. The van der Waals surface area contributed by atoms with Crippen LogP contribution in [0.1, 0.15) is 51.3 Å². The van der Waals surface area contributed by atoms with Crippen LogP contribution in [0.25, 0.3) is 0 Å². The van der Waals surface area contributed by atoms with Crippen molar-refractivity contribution in [3.8, 4) is 0 Å². The maximum absolute atomic E-state index is 6.30. The van der Waals surface area contributed by atoms with Gasteiger partial charge in [-0.1, -0.05) is 31.4 Å². The summed E-state index contributed by atoms with van der Waals surface area (Å²) in [5, 5.41) is 5.15. The van der Waals surface area contributed by atoms with Crippen LogP contribution in [0, 0.1) is 6.92 Å². The highest BCUT2D eigenvalue weighted by atomic mass is 35.5. The Morgan fingerprint density at radius 1 is 1.33 bits per heavy atom. The molecular weight excluding hydrogens is 246 g/mol. The van der Waals surface area contributed by atoms with Gasteiger partial charge in [-0.25, -0.2) is 0 Å². The van der Waals surface area contributed by atoms with Crippen LogP contribution in [-0.4, -0.2) is 27.3 Å². The van der Waals surface area contributed by atoms with Crippen LogP contribution in [0.5, 0.6) is 0 Å². The summed E-state index contributed by atoms with van der Waals surface area (Å²) in [5.74, 6) is 0. The van der Waals surface area contributed by atoms with Gasteiger partial charge in [0.1, 0.15) is 5.15 Å². The molecule has 0 aliphatic heterocycles. The standard InChI is InChI=1S/C14H26ClN3/c1-6-7-8-9-18(11(2)3)10-13-12(4)16-17(5)14(13)15/h11H,6-10H2,1-5H3. The summed E-state index contributed by atoms with van der Waals surface area (Å²) in [6.45, 7) is 10.8. The van der Waals surface area contributed by atoms with Crippen molar-refractivity contribution in [1.29, 1.82) is 0 Å². The molecule has 0 aliphatic carbocycles. The van der Waals surface area contributed by atoms with Crippen LogP contribution >= 0.6 is 11.6 Å². The Labute approximate surface area is 116 Å². The Balaban J connectivity index is 2.70. The van der Waals surface area contributed by atoms with E-state index in [2.05, 4.69) is 30.8 Å². The smallest absolute Gasteiger partial charge is 0.131 e. The van der Waals surface area contributed by atoms with Crippen molar-refractivity contribution in [3.05, 3.63) is 16.4 Å². The number of hydrogen-bond donors (Lipinski definition) is 0. The van der Waals surface area contributed by atoms with E-state index in [1.165, 1.54) is 24.8 Å². The minimum Gasteiger partial charge on any atom is -0.297 e. The van der Waals surface area contributed by atoms with E-state index in [0.717, 1.165) is 23.9 Å². The predicted octanol–water partition coefficient (Wildman–Crippen LogP) is 3.78. The quantitative estimate of drug-likeness (QED) is 0.704. The molecule has 0 N–H and O–H groups in total. The van der Waals surface area contributed by atoms with Crippen molar-refractivity contribution >= 4 is 11.6 Å². The minimum atomic E-state index is 0.539. The summed E-state index contributed by atoms with van der Waals surface area (Å²) < 4.78 is 1.76. The molecule has 0 bridgehead atoms. The zero-order chi connectivity index (χ0) is 13.7. The molecule has 18 heavy (non-hydrogen) atoms. The summed E-state index contributed by atoms with van der Waals surface area (Å²) in [6, 6.07) is 0.539. The second-order valence-electron chi connectivity index (χ2n) is 5.25. The number of hydrogen-bond acceptors (Lipinski definition) is 2. The second kappa shape index (κ2) is 7.15. The first kappa shape index (κ1) is 15.5. The molecule has 0 atom stereocenters. The molecule has 1 aromatic heterocycles. The van der Waals surface area contributed by atoms with Crippen molar-refractivity contribution in [2.45, 2.75) is 59.5 Å². The molecule has 104 valence electrons. The highest BCUT2D eigenvalue weighted by Gasteiger charge is 2.16. The van der Waals surface area contributed by atoms with Crippen molar-refractivity contribution in [3.63, 3.8) is 0 Å². The predicted molar refractivity (Wildman–Crippen MR) is 78.0 cm³/mol. The number of aryl methyl sites for hydroxylation is 2. The van der Waals surface area contributed by atoms with E-state index in [4.69, 9.17) is 11.6 Å². The largest absolute Gasteiger partial charge is 0.297 e. The number of nitrogens with zero attached hydrogens (tertiary/aromatic N) is 3. The van der Waals surface area contributed by atoms with Gasteiger partial charge in [0.25, 0.3) is 0 Å². The van der Waals surface area contributed by atoms with Crippen molar-refractivity contribution in [2.24, 2.45) is 7.05 Å². The Hall–Kier alpha value is -0.540. The molecule has 0 fully saturated rings. The molecule has 4 heteroatoms. The maximum atomic E-state index is 6.30. The fraction of sp³-hybridized carbons (Fsp3) is 0.786. The Morgan fingerprint density at radius 3 is 2.44 bits per heavy atom. The van der Waals surface area contributed by atoms with Crippen molar-refractivity contribution < 1.29 is 0 Å². The van der Waals surface area contributed by atoms with Crippen molar-refractivity contribution in [1.82, 2.24) is 14.7 Å². The van der Waals surface area contributed by atoms with E-state index in [0.29, 0.717) is 6.04 Å². The van der Waals surface area contributed by atoms with Crippen LogP contribution in [-0.2, 0) is 13.6 Å². The van der Waals surface area contributed by atoms with Crippen LogP contribution < -0.4 is 0 Å². The fourth-order valence-electron chi connectivity index (χ4n) is 2.14. The third kappa shape index (κ3) is 3.99. The first-order chi connectivity index (χ1) is 8.47. The van der Waals surface area contributed by atoms with E-state index in [1.54, 1.807) is 4.68 Å². The van der Waals surface area contributed by atoms with Gasteiger partial charge in [0.2, 0.25) is 0 Å². The Kier molecular flexibility index (Phi) is 6.16. The maximum Gasteiger partial charge on any atom is 0.131 e. The lowest BCUT2D eigenvalue weighted by molar-refractivity contribution is 0.208. The van der Waals surface area contributed by atoms with Crippen molar-refractivity contribution in [2.75, 3.05) is 6.54 Å². The first-order valence-corrected chi connectivity index (χ1v) is 7.27. The van der Waals surface area contributed by atoms with Gasteiger partial charge in [-0.3, -0.25) is 9.58 Å². The molecule has 0 saturated carbocycles. The number of unbranched alkanes of at least 4 members (excludes halogenated alkanes) is 2. The lowest BCUT2D eigenvalue weighted by Gasteiger charge is -2.26. The summed E-state index contributed by atoms with van der Waals surface area (Å²) >= 11 is 6.30. The number of aromatic nitrogens is 2. The minimum absolute atomic E-state index is 0.539. The molecule has 0 saturated heterocycles. The van der Waals surface area contributed by atoms with E-state index >= 15 is 0 Å².